The quantitative estimate of drug-likeness (QED) is 0.668. The molecule has 1 saturated carbocycles. The summed E-state index contributed by atoms with van der Waals surface area (Å²) in [5.74, 6) is 0.283. The molecule has 1 aliphatic carbocycles. The van der Waals surface area contributed by atoms with E-state index in [0.717, 1.165) is 24.9 Å². The number of esters is 1. The van der Waals surface area contributed by atoms with Gasteiger partial charge in [-0.1, -0.05) is 24.3 Å². The van der Waals surface area contributed by atoms with E-state index in [1.165, 1.54) is 11.1 Å². The summed E-state index contributed by atoms with van der Waals surface area (Å²) in [5, 5.41) is 3.10. The third-order valence-electron chi connectivity index (χ3n) is 4.47. The van der Waals surface area contributed by atoms with Gasteiger partial charge in [0.15, 0.2) is 0 Å². The van der Waals surface area contributed by atoms with Gasteiger partial charge in [-0.2, -0.15) is 0 Å². The predicted octanol–water partition coefficient (Wildman–Crippen LogP) is 2.78. The lowest BCUT2D eigenvalue weighted by Gasteiger charge is -2.24. The molecule has 1 aliphatic heterocycles. The molecule has 0 radical (unpaired) electrons. The van der Waals surface area contributed by atoms with Crippen molar-refractivity contribution in [3.8, 4) is 0 Å². The first kappa shape index (κ1) is 12.3. The van der Waals surface area contributed by atoms with Gasteiger partial charge in [0.25, 0.3) is 0 Å². The number of anilines is 1. The molecule has 0 amide bonds. The molecule has 2 unspecified atom stereocenters. The minimum Gasteiger partial charge on any atom is -0.465 e. The molecule has 3 heteroatoms. The number of fused-ring (bicyclic) bond motifs is 1. The second-order valence-electron chi connectivity index (χ2n) is 5.71. The van der Waals surface area contributed by atoms with Gasteiger partial charge >= 0.3 is 5.97 Å². The van der Waals surface area contributed by atoms with Gasteiger partial charge < -0.3 is 10.1 Å². The molecule has 2 aliphatic rings. The fourth-order valence-electron chi connectivity index (χ4n) is 3.42. The van der Waals surface area contributed by atoms with Crippen LogP contribution in [0.1, 0.15) is 18.4 Å². The lowest BCUT2D eigenvalue weighted by Crippen LogP contribution is -2.31. The number of ether oxygens (including phenoxy) is 1. The van der Waals surface area contributed by atoms with Gasteiger partial charge in [-0.05, 0) is 37.0 Å². The molecule has 1 heterocycles. The maximum Gasteiger partial charge on any atom is 0.313 e. The van der Waals surface area contributed by atoms with E-state index in [1.54, 1.807) is 0 Å². The average Bonchev–Trinajstić information content (AvgIpc) is 2.87. The first-order chi connectivity index (χ1) is 9.14. The van der Waals surface area contributed by atoms with Crippen molar-refractivity contribution < 1.29 is 9.53 Å². The fraction of sp³-hybridized carbons (Fsp3) is 0.438. The first-order valence-electron chi connectivity index (χ1n) is 6.74. The largest absolute Gasteiger partial charge is 0.465 e. The number of nitrogens with one attached hydrogen (secondary N) is 1. The molecule has 1 aromatic rings. The van der Waals surface area contributed by atoms with E-state index in [1.807, 2.05) is 19.2 Å². The summed E-state index contributed by atoms with van der Waals surface area (Å²) < 4.78 is 5.30. The van der Waals surface area contributed by atoms with E-state index in [2.05, 4.69) is 24.0 Å². The lowest BCUT2D eigenvalue weighted by atomic mass is 9.75. The second-order valence-corrected chi connectivity index (χ2v) is 5.71. The van der Waals surface area contributed by atoms with Crippen molar-refractivity contribution in [3.05, 3.63) is 42.0 Å². The molecule has 3 rings (SSSR count). The molecular weight excluding hydrogens is 238 g/mol. The van der Waals surface area contributed by atoms with Crippen LogP contribution in [-0.4, -0.2) is 19.6 Å². The highest BCUT2D eigenvalue weighted by Gasteiger charge is 2.55. The summed E-state index contributed by atoms with van der Waals surface area (Å²) >= 11 is 0. The van der Waals surface area contributed by atoms with Gasteiger partial charge in [-0.3, -0.25) is 4.79 Å². The fourth-order valence-corrected chi connectivity index (χ4v) is 3.42. The number of benzene rings is 1. The molecule has 1 aromatic carbocycles. The molecular formula is C16H19NO2. The number of carbonyl (C=O) groups is 1. The summed E-state index contributed by atoms with van der Waals surface area (Å²) in [7, 11) is 1.90. The van der Waals surface area contributed by atoms with Crippen LogP contribution in [0.2, 0.25) is 0 Å². The van der Waals surface area contributed by atoms with Crippen LogP contribution in [0.4, 0.5) is 5.69 Å². The van der Waals surface area contributed by atoms with Crippen LogP contribution in [0.3, 0.4) is 0 Å². The summed E-state index contributed by atoms with van der Waals surface area (Å²) in [6.07, 6.45) is 2.48. The Morgan fingerprint density at radius 2 is 2.16 bits per heavy atom. The number of carbonyl (C=O) groups excluding carboxylic acids is 1. The number of hydrogen-bond acceptors (Lipinski definition) is 3. The van der Waals surface area contributed by atoms with Crippen molar-refractivity contribution in [2.75, 3.05) is 19.0 Å². The van der Waals surface area contributed by atoms with E-state index >= 15 is 0 Å². The van der Waals surface area contributed by atoms with Crippen LogP contribution in [0.5, 0.6) is 0 Å². The maximum atomic E-state index is 12.2. The van der Waals surface area contributed by atoms with Crippen LogP contribution in [-0.2, 0) is 16.0 Å². The number of cyclic esters (lactones) is 1. The molecule has 1 N–H and O–H groups in total. The summed E-state index contributed by atoms with van der Waals surface area (Å²) in [4.78, 5) is 12.2. The topological polar surface area (TPSA) is 38.3 Å². The molecule has 0 bridgehead atoms. The number of hydrogen-bond donors (Lipinski definition) is 1. The molecule has 1 saturated heterocycles. The Labute approximate surface area is 113 Å². The van der Waals surface area contributed by atoms with E-state index in [0.29, 0.717) is 12.5 Å². The van der Waals surface area contributed by atoms with Crippen molar-refractivity contribution >= 4 is 11.7 Å². The van der Waals surface area contributed by atoms with Gasteiger partial charge in [-0.15, -0.1) is 0 Å². The van der Waals surface area contributed by atoms with Crippen molar-refractivity contribution in [1.29, 1.82) is 0 Å². The zero-order valence-electron chi connectivity index (χ0n) is 11.2. The molecule has 2 fully saturated rings. The predicted molar refractivity (Wildman–Crippen MR) is 74.9 cm³/mol. The molecule has 100 valence electrons. The highest BCUT2D eigenvalue weighted by Crippen LogP contribution is 2.52. The molecule has 0 aromatic heterocycles. The molecule has 3 nitrogen and oxygen atoms in total. The van der Waals surface area contributed by atoms with Crippen LogP contribution in [0.15, 0.2) is 36.4 Å². The Bertz CT molecular complexity index is 520. The van der Waals surface area contributed by atoms with Gasteiger partial charge in [0.2, 0.25) is 0 Å². The minimum atomic E-state index is -0.349. The van der Waals surface area contributed by atoms with Gasteiger partial charge in [0.05, 0.1) is 12.0 Å². The van der Waals surface area contributed by atoms with Crippen molar-refractivity contribution in [1.82, 2.24) is 0 Å². The Balaban J connectivity index is 1.87. The number of allylic oxidation sites excluding steroid dienone is 1. The zero-order valence-corrected chi connectivity index (χ0v) is 11.2. The van der Waals surface area contributed by atoms with Crippen LogP contribution in [0, 0.1) is 11.3 Å². The third kappa shape index (κ3) is 1.93. The summed E-state index contributed by atoms with van der Waals surface area (Å²) in [6.45, 7) is 4.63. The normalized spacial score (nSPS) is 29.2. The van der Waals surface area contributed by atoms with E-state index in [4.69, 9.17) is 4.74 Å². The summed E-state index contributed by atoms with van der Waals surface area (Å²) in [5.41, 5.74) is 3.12. The Kier molecular flexibility index (Phi) is 2.85. The molecule has 2 atom stereocenters. The smallest absolute Gasteiger partial charge is 0.313 e. The monoisotopic (exact) mass is 257 g/mol. The third-order valence-corrected chi connectivity index (χ3v) is 4.47. The minimum absolute atomic E-state index is 0.0335. The highest BCUT2D eigenvalue weighted by molar-refractivity contribution is 5.81. The number of rotatable bonds is 3. The van der Waals surface area contributed by atoms with E-state index in [9.17, 15) is 4.79 Å². The van der Waals surface area contributed by atoms with Crippen molar-refractivity contribution in [2.45, 2.75) is 19.3 Å². The molecule has 19 heavy (non-hydrogen) atoms. The van der Waals surface area contributed by atoms with Gasteiger partial charge in [-0.25, -0.2) is 0 Å². The average molecular weight is 257 g/mol. The van der Waals surface area contributed by atoms with Crippen LogP contribution < -0.4 is 5.32 Å². The first-order valence-corrected chi connectivity index (χ1v) is 6.74. The zero-order chi connectivity index (χ0) is 13.5. The van der Waals surface area contributed by atoms with Gasteiger partial charge in [0, 0.05) is 18.7 Å². The SMILES string of the molecule is C=C1CC2COC(=O)C2(Cc2ccc(NC)cc2)C1. The lowest BCUT2D eigenvalue weighted by molar-refractivity contribution is -0.146. The van der Waals surface area contributed by atoms with Crippen LogP contribution >= 0.6 is 0 Å². The second kappa shape index (κ2) is 4.41. The maximum absolute atomic E-state index is 12.2. The van der Waals surface area contributed by atoms with Crippen molar-refractivity contribution in [2.24, 2.45) is 11.3 Å². The van der Waals surface area contributed by atoms with Crippen LogP contribution in [0.25, 0.3) is 0 Å². The van der Waals surface area contributed by atoms with E-state index < -0.39 is 0 Å². The van der Waals surface area contributed by atoms with E-state index in [-0.39, 0.29) is 11.4 Å². The Morgan fingerprint density at radius 3 is 2.84 bits per heavy atom. The standard InChI is InChI=1S/C16H19NO2/c1-11-7-13-10-19-15(18)16(13,8-11)9-12-3-5-14(17-2)6-4-12/h3-6,13,17H,1,7-10H2,2H3. The Morgan fingerprint density at radius 1 is 1.42 bits per heavy atom. The van der Waals surface area contributed by atoms with Crippen molar-refractivity contribution in [3.63, 3.8) is 0 Å². The van der Waals surface area contributed by atoms with Gasteiger partial charge in [0.1, 0.15) is 0 Å². The summed E-state index contributed by atoms with van der Waals surface area (Å²) in [6, 6.07) is 8.27. The molecule has 0 spiro atoms. The highest BCUT2D eigenvalue weighted by atomic mass is 16.5. The Hall–Kier alpha value is -1.77.